The van der Waals surface area contributed by atoms with E-state index in [0.717, 1.165) is 31.7 Å². The van der Waals surface area contributed by atoms with Crippen molar-refractivity contribution in [3.05, 3.63) is 35.4 Å². The van der Waals surface area contributed by atoms with E-state index in [4.69, 9.17) is 4.74 Å². The number of carbonyl (C=O) groups excluding carboxylic acids is 2. The third kappa shape index (κ3) is 5.95. The fourth-order valence-corrected chi connectivity index (χ4v) is 6.23. The van der Waals surface area contributed by atoms with E-state index in [1.54, 1.807) is 14.0 Å². The van der Waals surface area contributed by atoms with Crippen molar-refractivity contribution >= 4 is 11.8 Å². The molecule has 1 aromatic rings. The molecule has 0 heterocycles. The van der Waals surface area contributed by atoms with Crippen LogP contribution in [0.15, 0.2) is 18.2 Å². The number of aliphatic hydroxyl groups excluding tert-OH is 1. The molecule has 6 nitrogen and oxygen atoms in total. The van der Waals surface area contributed by atoms with Crippen LogP contribution in [0.25, 0.3) is 0 Å². The van der Waals surface area contributed by atoms with Gasteiger partial charge in [-0.2, -0.15) is 0 Å². The molecule has 0 aromatic heterocycles. The lowest BCUT2D eigenvalue weighted by Crippen LogP contribution is -2.58. The second-order valence-electron chi connectivity index (χ2n) is 10.5. The molecule has 34 heavy (non-hydrogen) atoms. The Morgan fingerprint density at radius 2 is 1.85 bits per heavy atom. The van der Waals surface area contributed by atoms with Gasteiger partial charge >= 0.3 is 0 Å². The standard InChI is InChI=1S/C26H38F2N2O4/c1-15(25(33)29-14-17-11-18(27)13-19(28)12-17)20-5-8-26(3)9-6-21(16(2)23(26)24(20)32)30-22(31)7-10-34-4/h11-13,15-16,20-21,23-24,32H,5-10,14H2,1-4H3,(H,29,33)(H,30,31)/t15-,16+,20-,21-,23+,24-,26-/m0/s1. The van der Waals surface area contributed by atoms with Crippen LogP contribution in [0.3, 0.4) is 0 Å². The van der Waals surface area contributed by atoms with Gasteiger partial charge in [-0.3, -0.25) is 9.59 Å². The first-order chi connectivity index (χ1) is 16.1. The van der Waals surface area contributed by atoms with E-state index in [1.165, 1.54) is 12.1 Å². The van der Waals surface area contributed by atoms with Crippen LogP contribution < -0.4 is 10.6 Å². The Kier molecular flexibility index (Phi) is 8.68. The summed E-state index contributed by atoms with van der Waals surface area (Å²) < 4.78 is 31.9. The van der Waals surface area contributed by atoms with E-state index in [1.807, 2.05) is 0 Å². The molecule has 8 heteroatoms. The van der Waals surface area contributed by atoms with E-state index in [-0.39, 0.29) is 47.6 Å². The molecule has 2 amide bonds. The number of nitrogens with one attached hydrogen (secondary N) is 2. The van der Waals surface area contributed by atoms with Gasteiger partial charge in [0.2, 0.25) is 11.8 Å². The summed E-state index contributed by atoms with van der Waals surface area (Å²) in [5.41, 5.74) is 0.307. The molecule has 0 aliphatic heterocycles. The van der Waals surface area contributed by atoms with Gasteiger partial charge in [0.25, 0.3) is 0 Å². The number of amides is 2. The number of methoxy groups -OCH3 is 1. The van der Waals surface area contributed by atoms with Crippen LogP contribution in [-0.4, -0.2) is 42.8 Å². The van der Waals surface area contributed by atoms with Crippen LogP contribution in [0, 0.1) is 40.7 Å². The molecule has 0 saturated heterocycles. The largest absolute Gasteiger partial charge is 0.392 e. The second kappa shape index (κ2) is 11.1. The number of fused-ring (bicyclic) bond motifs is 1. The number of benzene rings is 1. The SMILES string of the molecule is COCCC(=O)N[C@H]1CC[C@]2(C)CC[C@@H]([C@H](C)C(=O)NCc3cc(F)cc(F)c3)[C@H](O)[C@H]2[C@@H]1C. The fourth-order valence-electron chi connectivity index (χ4n) is 6.23. The normalized spacial score (nSPS) is 31.9. The minimum atomic E-state index is -0.686. The number of hydrogen-bond donors (Lipinski definition) is 3. The zero-order valence-corrected chi connectivity index (χ0v) is 20.6. The summed E-state index contributed by atoms with van der Waals surface area (Å²) in [4.78, 5) is 25.2. The van der Waals surface area contributed by atoms with Gasteiger partial charge in [0, 0.05) is 38.1 Å². The Hall–Kier alpha value is -2.06. The molecular weight excluding hydrogens is 442 g/mol. The van der Waals surface area contributed by atoms with Gasteiger partial charge in [0.15, 0.2) is 0 Å². The van der Waals surface area contributed by atoms with Crippen LogP contribution in [0.1, 0.15) is 58.4 Å². The predicted molar refractivity (Wildman–Crippen MR) is 125 cm³/mol. The average molecular weight is 481 g/mol. The van der Waals surface area contributed by atoms with Crippen LogP contribution in [0.2, 0.25) is 0 Å². The number of hydrogen-bond acceptors (Lipinski definition) is 4. The van der Waals surface area contributed by atoms with Crippen LogP contribution in [-0.2, 0) is 20.9 Å². The van der Waals surface area contributed by atoms with Crippen LogP contribution in [0.4, 0.5) is 8.78 Å². The quantitative estimate of drug-likeness (QED) is 0.531. The van der Waals surface area contributed by atoms with Crippen molar-refractivity contribution in [1.82, 2.24) is 10.6 Å². The van der Waals surface area contributed by atoms with Gasteiger partial charge in [-0.15, -0.1) is 0 Å². The summed E-state index contributed by atoms with van der Waals surface area (Å²) in [6, 6.07) is 3.16. The van der Waals surface area contributed by atoms with Gasteiger partial charge in [0.05, 0.1) is 12.7 Å². The fraction of sp³-hybridized carbons (Fsp3) is 0.692. The van der Waals surface area contributed by atoms with Gasteiger partial charge in [0.1, 0.15) is 11.6 Å². The monoisotopic (exact) mass is 480 g/mol. The Balaban J connectivity index is 1.65. The zero-order chi connectivity index (χ0) is 25.0. The Bertz CT molecular complexity index is 862. The zero-order valence-electron chi connectivity index (χ0n) is 20.6. The van der Waals surface area contributed by atoms with Gasteiger partial charge in [-0.05, 0) is 66.5 Å². The number of halogens is 2. The molecule has 7 atom stereocenters. The maximum Gasteiger partial charge on any atom is 0.223 e. The molecule has 0 radical (unpaired) electrons. The molecule has 0 spiro atoms. The van der Waals surface area contributed by atoms with Gasteiger partial charge in [-0.25, -0.2) is 8.78 Å². The molecule has 2 aliphatic carbocycles. The van der Waals surface area contributed by atoms with E-state index < -0.39 is 23.7 Å². The smallest absolute Gasteiger partial charge is 0.223 e. The van der Waals surface area contributed by atoms with E-state index in [9.17, 15) is 23.5 Å². The molecule has 2 fully saturated rings. The first-order valence-electron chi connectivity index (χ1n) is 12.2. The van der Waals surface area contributed by atoms with Gasteiger partial charge < -0.3 is 20.5 Å². The third-order valence-corrected chi connectivity index (χ3v) is 8.21. The maximum absolute atomic E-state index is 13.4. The highest BCUT2D eigenvalue weighted by Crippen LogP contribution is 2.55. The lowest BCUT2D eigenvalue weighted by atomic mass is 9.51. The first kappa shape index (κ1) is 26.5. The molecule has 1 aromatic carbocycles. The van der Waals surface area contributed by atoms with E-state index in [0.29, 0.717) is 18.6 Å². The second-order valence-corrected chi connectivity index (χ2v) is 10.5. The van der Waals surface area contributed by atoms with Crippen LogP contribution in [0.5, 0.6) is 0 Å². The van der Waals surface area contributed by atoms with E-state index >= 15 is 0 Å². The number of carbonyl (C=O) groups is 2. The highest BCUT2D eigenvalue weighted by molar-refractivity contribution is 5.78. The summed E-state index contributed by atoms with van der Waals surface area (Å²) in [6.07, 6.45) is 3.03. The molecule has 3 rings (SSSR count). The maximum atomic E-state index is 13.4. The van der Waals surface area contributed by atoms with Crippen molar-refractivity contribution in [2.45, 2.75) is 71.6 Å². The summed E-state index contributed by atoms with van der Waals surface area (Å²) in [5.74, 6) is -2.33. The average Bonchev–Trinajstić information content (AvgIpc) is 2.77. The summed E-state index contributed by atoms with van der Waals surface area (Å²) >= 11 is 0. The highest BCUT2D eigenvalue weighted by atomic mass is 19.1. The van der Waals surface area contributed by atoms with Crippen molar-refractivity contribution in [1.29, 1.82) is 0 Å². The number of ether oxygens (including phenoxy) is 1. The molecule has 0 unspecified atom stereocenters. The molecule has 3 N–H and O–H groups in total. The summed E-state index contributed by atoms with van der Waals surface area (Å²) in [5, 5.41) is 17.3. The number of aliphatic hydroxyl groups is 1. The number of rotatable bonds is 8. The first-order valence-corrected chi connectivity index (χ1v) is 12.2. The minimum Gasteiger partial charge on any atom is -0.392 e. The van der Waals surface area contributed by atoms with Crippen LogP contribution >= 0.6 is 0 Å². The molecular formula is C26H38F2N2O4. The lowest BCUT2D eigenvalue weighted by molar-refractivity contribution is -0.144. The molecule has 2 aliphatic rings. The Morgan fingerprint density at radius 3 is 2.50 bits per heavy atom. The summed E-state index contributed by atoms with van der Waals surface area (Å²) in [7, 11) is 1.56. The molecule has 190 valence electrons. The Morgan fingerprint density at radius 1 is 1.21 bits per heavy atom. The van der Waals surface area contributed by atoms with Crippen molar-refractivity contribution in [2.24, 2.45) is 29.1 Å². The topological polar surface area (TPSA) is 87.7 Å². The van der Waals surface area contributed by atoms with Crippen molar-refractivity contribution in [3.63, 3.8) is 0 Å². The van der Waals surface area contributed by atoms with Gasteiger partial charge in [-0.1, -0.05) is 20.8 Å². The van der Waals surface area contributed by atoms with E-state index in [2.05, 4.69) is 24.5 Å². The third-order valence-electron chi connectivity index (χ3n) is 8.21. The van der Waals surface area contributed by atoms with Crippen molar-refractivity contribution in [2.75, 3.05) is 13.7 Å². The molecule has 2 saturated carbocycles. The highest BCUT2D eigenvalue weighted by Gasteiger charge is 2.53. The lowest BCUT2D eigenvalue weighted by Gasteiger charge is -2.56. The van der Waals surface area contributed by atoms with Crippen molar-refractivity contribution in [3.8, 4) is 0 Å². The Labute approximate surface area is 200 Å². The van der Waals surface area contributed by atoms with Crippen molar-refractivity contribution < 1.29 is 28.2 Å². The summed E-state index contributed by atoms with van der Waals surface area (Å²) in [6.45, 7) is 6.48. The minimum absolute atomic E-state index is 0.0216. The molecule has 0 bridgehead atoms. The predicted octanol–water partition coefficient (Wildman–Crippen LogP) is 3.56.